The Morgan fingerprint density at radius 2 is 1.78 bits per heavy atom. The number of rotatable bonds is 6. The van der Waals surface area contributed by atoms with Gasteiger partial charge in [0.1, 0.15) is 0 Å². The molecular formula is C18H16N2O6S. The molecule has 0 bridgehead atoms. The Hall–Kier alpha value is -3.20. The Labute approximate surface area is 155 Å². The summed E-state index contributed by atoms with van der Waals surface area (Å²) in [5.74, 6) is -2.53. The van der Waals surface area contributed by atoms with Crippen LogP contribution < -0.4 is 10.0 Å². The summed E-state index contributed by atoms with van der Waals surface area (Å²) in [5.41, 5.74) is 0.585. The average molecular weight is 388 g/mol. The van der Waals surface area contributed by atoms with Crippen molar-refractivity contribution in [3.8, 4) is 0 Å². The topological polar surface area (TPSA) is 130 Å². The maximum atomic E-state index is 12.7. The summed E-state index contributed by atoms with van der Waals surface area (Å²) in [5, 5.41) is 11.5. The number of hydrogen-bond donors (Lipinski definition) is 3. The van der Waals surface area contributed by atoms with E-state index >= 15 is 0 Å². The second kappa shape index (κ2) is 6.84. The monoisotopic (exact) mass is 388 g/mol. The van der Waals surface area contributed by atoms with E-state index in [1.165, 1.54) is 24.3 Å². The normalized spacial score (nSPS) is 13.2. The zero-order chi connectivity index (χ0) is 19.8. The number of nitrogens with one attached hydrogen (secondary N) is 2. The fraction of sp³-hybridized carbons (Fsp3) is 0.167. The molecule has 0 saturated carbocycles. The van der Waals surface area contributed by atoms with E-state index in [4.69, 9.17) is 0 Å². The van der Waals surface area contributed by atoms with Crippen LogP contribution >= 0.6 is 0 Å². The second-order valence-corrected chi connectivity index (χ2v) is 7.71. The van der Waals surface area contributed by atoms with Gasteiger partial charge in [0.15, 0.2) is 0 Å². The smallest absolute Gasteiger partial charge is 0.337 e. The minimum Gasteiger partial charge on any atom is -0.478 e. The zero-order valence-electron chi connectivity index (χ0n) is 14.3. The molecular weight excluding hydrogens is 372 g/mol. The molecule has 9 heteroatoms. The number of sulfonamides is 1. The van der Waals surface area contributed by atoms with Gasteiger partial charge in [-0.2, -0.15) is 0 Å². The van der Waals surface area contributed by atoms with Gasteiger partial charge >= 0.3 is 5.97 Å². The molecule has 0 aliphatic carbocycles. The van der Waals surface area contributed by atoms with E-state index in [1.807, 2.05) is 6.92 Å². The Kier molecular flexibility index (Phi) is 4.71. The van der Waals surface area contributed by atoms with Crippen molar-refractivity contribution >= 4 is 33.5 Å². The summed E-state index contributed by atoms with van der Waals surface area (Å²) in [7, 11) is -4.16. The molecule has 0 saturated heterocycles. The lowest BCUT2D eigenvalue weighted by molar-refractivity contribution is 0.0697. The van der Waals surface area contributed by atoms with E-state index in [-0.39, 0.29) is 27.3 Å². The van der Waals surface area contributed by atoms with Crippen LogP contribution in [0.15, 0.2) is 41.3 Å². The van der Waals surface area contributed by atoms with Crippen molar-refractivity contribution in [2.75, 3.05) is 4.72 Å². The number of carboxylic acids is 1. The first-order valence-electron chi connectivity index (χ1n) is 8.11. The maximum Gasteiger partial charge on any atom is 0.337 e. The van der Waals surface area contributed by atoms with Crippen LogP contribution in [-0.2, 0) is 16.4 Å². The number of benzene rings is 2. The van der Waals surface area contributed by atoms with Crippen molar-refractivity contribution < 1.29 is 27.9 Å². The van der Waals surface area contributed by atoms with Gasteiger partial charge in [-0.25, -0.2) is 13.2 Å². The van der Waals surface area contributed by atoms with Crippen molar-refractivity contribution in [1.82, 2.24) is 5.32 Å². The van der Waals surface area contributed by atoms with E-state index < -0.39 is 27.8 Å². The summed E-state index contributed by atoms with van der Waals surface area (Å²) in [6.07, 6.45) is 1.49. The molecule has 1 heterocycles. The van der Waals surface area contributed by atoms with E-state index in [0.29, 0.717) is 6.42 Å². The number of aryl methyl sites for hydroxylation is 1. The van der Waals surface area contributed by atoms with Gasteiger partial charge in [0.25, 0.3) is 21.8 Å². The van der Waals surface area contributed by atoms with E-state index in [1.54, 1.807) is 6.07 Å². The van der Waals surface area contributed by atoms with Crippen molar-refractivity contribution in [1.29, 1.82) is 0 Å². The van der Waals surface area contributed by atoms with Gasteiger partial charge in [0.05, 0.1) is 27.3 Å². The third-order valence-electron chi connectivity index (χ3n) is 4.12. The SMILES string of the molecule is CCCc1ccc(NS(=O)(=O)c2ccc3c(c2)C(=O)NC3=O)c(C(=O)O)c1. The van der Waals surface area contributed by atoms with Gasteiger partial charge in [-0.15, -0.1) is 0 Å². The Balaban J connectivity index is 1.98. The highest BCUT2D eigenvalue weighted by molar-refractivity contribution is 7.92. The van der Waals surface area contributed by atoms with Crippen molar-refractivity contribution in [3.63, 3.8) is 0 Å². The number of carbonyl (C=O) groups excluding carboxylic acids is 2. The van der Waals surface area contributed by atoms with E-state index in [2.05, 4.69) is 10.0 Å². The maximum absolute atomic E-state index is 12.7. The number of aromatic carboxylic acids is 1. The van der Waals surface area contributed by atoms with Gasteiger partial charge in [-0.05, 0) is 42.3 Å². The van der Waals surface area contributed by atoms with Crippen LogP contribution in [0.25, 0.3) is 0 Å². The quantitative estimate of drug-likeness (QED) is 0.649. The molecule has 0 unspecified atom stereocenters. The number of fused-ring (bicyclic) bond motifs is 1. The third kappa shape index (κ3) is 3.54. The van der Waals surface area contributed by atoms with Crippen molar-refractivity contribution in [2.24, 2.45) is 0 Å². The lowest BCUT2D eigenvalue weighted by Gasteiger charge is -2.12. The Bertz CT molecular complexity index is 1080. The molecule has 3 N–H and O–H groups in total. The van der Waals surface area contributed by atoms with Gasteiger partial charge in [0.2, 0.25) is 0 Å². The van der Waals surface area contributed by atoms with Crippen LogP contribution in [0.4, 0.5) is 5.69 Å². The predicted molar refractivity (Wildman–Crippen MR) is 96.4 cm³/mol. The summed E-state index contributed by atoms with van der Waals surface area (Å²) < 4.78 is 27.6. The molecule has 0 aromatic heterocycles. The molecule has 27 heavy (non-hydrogen) atoms. The fourth-order valence-corrected chi connectivity index (χ4v) is 3.92. The highest BCUT2D eigenvalue weighted by atomic mass is 32.2. The molecule has 1 aliphatic rings. The Morgan fingerprint density at radius 1 is 1.07 bits per heavy atom. The number of amides is 2. The lowest BCUT2D eigenvalue weighted by Crippen LogP contribution is -2.20. The molecule has 140 valence electrons. The van der Waals surface area contributed by atoms with Crippen LogP contribution in [0.2, 0.25) is 0 Å². The molecule has 0 fully saturated rings. The molecule has 2 amide bonds. The van der Waals surface area contributed by atoms with Crippen LogP contribution in [0, 0.1) is 0 Å². The number of imide groups is 1. The highest BCUT2D eigenvalue weighted by Gasteiger charge is 2.29. The molecule has 0 radical (unpaired) electrons. The highest BCUT2D eigenvalue weighted by Crippen LogP contribution is 2.25. The summed E-state index contributed by atoms with van der Waals surface area (Å²) in [4.78, 5) is 34.6. The second-order valence-electron chi connectivity index (χ2n) is 6.03. The predicted octanol–water partition coefficient (Wildman–Crippen LogP) is 2.02. The van der Waals surface area contributed by atoms with Crippen molar-refractivity contribution in [3.05, 3.63) is 58.7 Å². The number of hydrogen-bond acceptors (Lipinski definition) is 5. The number of carboxylic acid groups (broad SMARTS) is 1. The van der Waals surface area contributed by atoms with Crippen LogP contribution in [-0.4, -0.2) is 31.3 Å². The van der Waals surface area contributed by atoms with Gasteiger partial charge in [0, 0.05) is 0 Å². The molecule has 0 atom stereocenters. The molecule has 2 aromatic carbocycles. The molecule has 2 aromatic rings. The van der Waals surface area contributed by atoms with Gasteiger partial charge in [-0.1, -0.05) is 19.4 Å². The first kappa shape index (κ1) is 18.6. The first-order valence-corrected chi connectivity index (χ1v) is 9.60. The fourth-order valence-electron chi connectivity index (χ4n) is 2.82. The van der Waals surface area contributed by atoms with E-state index in [0.717, 1.165) is 18.1 Å². The summed E-state index contributed by atoms with van der Waals surface area (Å²) in [6.45, 7) is 1.95. The minimum absolute atomic E-state index is 0.0420. The van der Waals surface area contributed by atoms with Crippen molar-refractivity contribution in [2.45, 2.75) is 24.7 Å². The standard InChI is InChI=1S/C18H16N2O6S/c1-2-3-10-4-7-15(14(8-10)18(23)24)20-27(25,26)11-5-6-12-13(9-11)17(22)19-16(12)21/h4-9,20H,2-3H2,1H3,(H,23,24)(H,19,21,22). The Morgan fingerprint density at radius 3 is 2.44 bits per heavy atom. The van der Waals surface area contributed by atoms with Crippen LogP contribution in [0.1, 0.15) is 50.0 Å². The van der Waals surface area contributed by atoms with Gasteiger partial charge in [-0.3, -0.25) is 19.6 Å². The number of carbonyl (C=O) groups is 3. The minimum atomic E-state index is -4.16. The van der Waals surface area contributed by atoms with Crippen LogP contribution in [0.3, 0.4) is 0 Å². The first-order chi connectivity index (χ1) is 12.7. The number of anilines is 1. The molecule has 0 spiro atoms. The third-order valence-corrected chi connectivity index (χ3v) is 5.48. The van der Waals surface area contributed by atoms with Gasteiger partial charge < -0.3 is 5.11 Å². The zero-order valence-corrected chi connectivity index (χ0v) is 15.1. The molecule has 1 aliphatic heterocycles. The van der Waals surface area contributed by atoms with Crippen LogP contribution in [0.5, 0.6) is 0 Å². The molecule has 3 rings (SSSR count). The van der Waals surface area contributed by atoms with E-state index in [9.17, 15) is 27.9 Å². The summed E-state index contributed by atoms with van der Waals surface area (Å²) in [6, 6.07) is 8.00. The summed E-state index contributed by atoms with van der Waals surface area (Å²) >= 11 is 0. The lowest BCUT2D eigenvalue weighted by atomic mass is 10.1. The largest absolute Gasteiger partial charge is 0.478 e. The average Bonchev–Trinajstić information content (AvgIpc) is 2.90. The molecule has 8 nitrogen and oxygen atoms in total.